The lowest BCUT2D eigenvalue weighted by molar-refractivity contribution is 0.220. The fourth-order valence-electron chi connectivity index (χ4n) is 2.62. The van der Waals surface area contributed by atoms with Gasteiger partial charge >= 0.3 is 0 Å². The van der Waals surface area contributed by atoms with Crippen LogP contribution < -0.4 is 0 Å². The third-order valence-electron chi connectivity index (χ3n) is 4.43. The molecule has 0 unspecified atom stereocenters. The SMILES string of the molecule is CC1(C(O)=Cc2ccccc2)CC[Si](C)(C)CC1. The van der Waals surface area contributed by atoms with Gasteiger partial charge in [-0.1, -0.05) is 62.4 Å². The first-order chi connectivity index (χ1) is 8.41. The van der Waals surface area contributed by atoms with Gasteiger partial charge in [-0.05, 0) is 24.5 Å². The molecule has 2 rings (SSSR count). The summed E-state index contributed by atoms with van der Waals surface area (Å²) in [6, 6.07) is 12.8. The van der Waals surface area contributed by atoms with Crippen LogP contribution in [0.25, 0.3) is 6.08 Å². The molecule has 0 amide bonds. The molecule has 2 heteroatoms. The molecule has 1 aromatic carbocycles. The van der Waals surface area contributed by atoms with E-state index in [1.807, 2.05) is 36.4 Å². The van der Waals surface area contributed by atoms with Crippen LogP contribution in [0.2, 0.25) is 25.2 Å². The number of rotatable bonds is 2. The minimum absolute atomic E-state index is 0.00163. The number of hydrogen-bond acceptors (Lipinski definition) is 1. The number of aliphatic hydroxyl groups excluding tert-OH is 1. The smallest absolute Gasteiger partial charge is 0.0987 e. The molecule has 0 bridgehead atoms. The van der Waals surface area contributed by atoms with E-state index in [1.165, 1.54) is 12.1 Å². The summed E-state index contributed by atoms with van der Waals surface area (Å²) in [4.78, 5) is 0. The highest BCUT2D eigenvalue weighted by Crippen LogP contribution is 2.45. The second kappa shape index (κ2) is 4.92. The van der Waals surface area contributed by atoms with Gasteiger partial charge in [0, 0.05) is 13.5 Å². The van der Waals surface area contributed by atoms with E-state index >= 15 is 0 Å². The topological polar surface area (TPSA) is 20.2 Å². The summed E-state index contributed by atoms with van der Waals surface area (Å²) in [7, 11) is -0.956. The third-order valence-corrected chi connectivity index (χ3v) is 7.64. The van der Waals surface area contributed by atoms with Gasteiger partial charge < -0.3 is 5.11 Å². The minimum atomic E-state index is -0.956. The molecular weight excluding hydrogens is 236 g/mol. The molecule has 0 spiro atoms. The van der Waals surface area contributed by atoms with Crippen molar-refractivity contribution < 1.29 is 5.11 Å². The van der Waals surface area contributed by atoms with E-state index in [1.54, 1.807) is 0 Å². The first-order valence-electron chi connectivity index (χ1n) is 6.88. The van der Waals surface area contributed by atoms with Gasteiger partial charge in [-0.25, -0.2) is 0 Å². The largest absolute Gasteiger partial charge is 0.512 e. The summed E-state index contributed by atoms with van der Waals surface area (Å²) >= 11 is 0. The molecule has 0 saturated carbocycles. The summed E-state index contributed by atoms with van der Waals surface area (Å²) in [5.41, 5.74) is 1.09. The summed E-state index contributed by atoms with van der Waals surface area (Å²) < 4.78 is 0. The van der Waals surface area contributed by atoms with Crippen LogP contribution in [0.4, 0.5) is 0 Å². The predicted octanol–water partition coefficient (Wildman–Crippen LogP) is 5.09. The fraction of sp³-hybridized carbons (Fsp3) is 0.500. The highest BCUT2D eigenvalue weighted by atomic mass is 28.3. The average Bonchev–Trinajstić information content (AvgIpc) is 2.35. The average molecular weight is 260 g/mol. The van der Waals surface area contributed by atoms with Gasteiger partial charge in [-0.2, -0.15) is 0 Å². The minimum Gasteiger partial charge on any atom is -0.512 e. The summed E-state index contributed by atoms with van der Waals surface area (Å²) in [6.45, 7) is 7.14. The molecular formula is C16H24OSi. The van der Waals surface area contributed by atoms with Gasteiger partial charge in [0.1, 0.15) is 0 Å². The molecule has 1 nitrogen and oxygen atoms in total. The summed E-state index contributed by atoms with van der Waals surface area (Å²) in [5, 5.41) is 10.4. The lowest BCUT2D eigenvalue weighted by Crippen LogP contribution is -2.36. The normalized spacial score (nSPS) is 22.7. The van der Waals surface area contributed by atoms with Crippen LogP contribution >= 0.6 is 0 Å². The van der Waals surface area contributed by atoms with Gasteiger partial charge in [-0.15, -0.1) is 0 Å². The van der Waals surface area contributed by atoms with E-state index in [4.69, 9.17) is 0 Å². The van der Waals surface area contributed by atoms with Crippen molar-refractivity contribution in [2.24, 2.45) is 5.41 Å². The maximum absolute atomic E-state index is 10.4. The molecule has 0 atom stereocenters. The van der Waals surface area contributed by atoms with Gasteiger partial charge in [0.25, 0.3) is 0 Å². The zero-order valence-corrected chi connectivity index (χ0v) is 12.7. The monoisotopic (exact) mass is 260 g/mol. The zero-order chi connectivity index (χ0) is 13.2. The molecule has 1 aromatic rings. The number of allylic oxidation sites excluding steroid dienone is 1. The van der Waals surface area contributed by atoms with Crippen molar-refractivity contribution in [3.05, 3.63) is 41.7 Å². The van der Waals surface area contributed by atoms with Crippen LogP contribution in [-0.2, 0) is 0 Å². The van der Waals surface area contributed by atoms with Crippen LogP contribution in [0.15, 0.2) is 36.1 Å². The van der Waals surface area contributed by atoms with E-state index in [-0.39, 0.29) is 5.41 Å². The Labute approximate surface area is 112 Å². The molecule has 1 N–H and O–H groups in total. The number of benzene rings is 1. The highest BCUT2D eigenvalue weighted by molar-refractivity contribution is 6.77. The van der Waals surface area contributed by atoms with Gasteiger partial charge in [0.15, 0.2) is 0 Å². The first-order valence-corrected chi connectivity index (χ1v) is 10.3. The van der Waals surface area contributed by atoms with E-state index in [2.05, 4.69) is 20.0 Å². The molecule has 1 aliphatic rings. The highest BCUT2D eigenvalue weighted by Gasteiger charge is 2.38. The molecule has 1 heterocycles. The van der Waals surface area contributed by atoms with E-state index < -0.39 is 8.07 Å². The van der Waals surface area contributed by atoms with Crippen molar-refractivity contribution >= 4 is 14.1 Å². The van der Waals surface area contributed by atoms with Crippen molar-refractivity contribution in [3.63, 3.8) is 0 Å². The molecule has 0 aromatic heterocycles. The predicted molar refractivity (Wildman–Crippen MR) is 81.5 cm³/mol. The van der Waals surface area contributed by atoms with E-state index in [9.17, 15) is 5.11 Å². The van der Waals surface area contributed by atoms with Crippen molar-refractivity contribution in [3.8, 4) is 0 Å². The molecule has 18 heavy (non-hydrogen) atoms. The van der Waals surface area contributed by atoms with Crippen LogP contribution in [0.3, 0.4) is 0 Å². The van der Waals surface area contributed by atoms with Crippen LogP contribution in [0.5, 0.6) is 0 Å². The van der Waals surface area contributed by atoms with Gasteiger partial charge in [0.2, 0.25) is 0 Å². The van der Waals surface area contributed by atoms with Gasteiger partial charge in [0.05, 0.1) is 5.76 Å². The van der Waals surface area contributed by atoms with Crippen molar-refractivity contribution in [2.45, 2.75) is 44.9 Å². The van der Waals surface area contributed by atoms with Crippen molar-refractivity contribution in [1.29, 1.82) is 0 Å². The first kappa shape index (κ1) is 13.4. The molecule has 1 saturated heterocycles. The van der Waals surface area contributed by atoms with Gasteiger partial charge in [-0.3, -0.25) is 0 Å². The summed E-state index contributed by atoms with van der Waals surface area (Å²) in [5.74, 6) is 0.568. The Hall–Kier alpha value is -1.02. The zero-order valence-electron chi connectivity index (χ0n) is 11.7. The van der Waals surface area contributed by atoms with E-state index in [0.717, 1.165) is 18.4 Å². The molecule has 0 radical (unpaired) electrons. The van der Waals surface area contributed by atoms with E-state index in [0.29, 0.717) is 5.76 Å². The lowest BCUT2D eigenvalue weighted by Gasteiger charge is -2.40. The second-order valence-corrected chi connectivity index (χ2v) is 12.0. The summed E-state index contributed by atoms with van der Waals surface area (Å²) in [6.07, 6.45) is 4.22. The fourth-order valence-corrected chi connectivity index (χ4v) is 5.32. The molecule has 0 aliphatic carbocycles. The Morgan fingerprint density at radius 3 is 2.28 bits per heavy atom. The van der Waals surface area contributed by atoms with Crippen molar-refractivity contribution in [1.82, 2.24) is 0 Å². The number of hydrogen-bond donors (Lipinski definition) is 1. The Bertz CT molecular complexity index is 424. The lowest BCUT2D eigenvalue weighted by atomic mass is 9.81. The maximum atomic E-state index is 10.4. The van der Waals surface area contributed by atoms with Crippen LogP contribution in [0.1, 0.15) is 25.3 Å². The Balaban J connectivity index is 2.14. The molecule has 1 aliphatic heterocycles. The Morgan fingerprint density at radius 1 is 1.17 bits per heavy atom. The quantitative estimate of drug-likeness (QED) is 0.580. The molecule has 1 fully saturated rings. The van der Waals surface area contributed by atoms with Crippen molar-refractivity contribution in [2.75, 3.05) is 0 Å². The number of aliphatic hydroxyl groups is 1. The Morgan fingerprint density at radius 2 is 1.72 bits per heavy atom. The van der Waals surface area contributed by atoms with Crippen LogP contribution in [0, 0.1) is 5.41 Å². The maximum Gasteiger partial charge on any atom is 0.0987 e. The second-order valence-electron chi connectivity index (χ2n) is 6.67. The third kappa shape index (κ3) is 3.05. The molecule has 98 valence electrons. The Kier molecular flexibility index (Phi) is 3.67. The standard InChI is InChI=1S/C16H24OSi/c1-16(9-11-18(2,3)12-10-16)15(17)13-14-7-5-4-6-8-14/h4-8,13,17H,9-12H2,1-3H3. The van der Waals surface area contributed by atoms with Crippen LogP contribution in [-0.4, -0.2) is 13.2 Å².